The summed E-state index contributed by atoms with van der Waals surface area (Å²) in [5.41, 5.74) is 0.269. The van der Waals surface area contributed by atoms with Gasteiger partial charge in [-0.3, -0.25) is 0 Å². The molecular weight excluding hydrogens is 222 g/mol. The second-order valence-electron chi connectivity index (χ2n) is 5.47. The monoisotopic (exact) mass is 245 g/mol. The van der Waals surface area contributed by atoms with Gasteiger partial charge in [0.05, 0.1) is 11.7 Å². The van der Waals surface area contributed by atoms with Crippen LogP contribution in [0.15, 0.2) is 0 Å². The van der Waals surface area contributed by atoms with Crippen LogP contribution in [0.4, 0.5) is 0 Å². The summed E-state index contributed by atoms with van der Waals surface area (Å²) in [5, 5.41) is 0. The lowest BCUT2D eigenvalue weighted by Gasteiger charge is -2.33. The zero-order valence-electron chi connectivity index (χ0n) is 10.4. The van der Waals surface area contributed by atoms with Crippen molar-refractivity contribution in [1.82, 2.24) is 4.90 Å². The summed E-state index contributed by atoms with van der Waals surface area (Å²) in [6.07, 6.45) is 9.70. The van der Waals surface area contributed by atoms with Crippen molar-refractivity contribution in [3.8, 4) is 0 Å². The molecule has 1 saturated carbocycles. The van der Waals surface area contributed by atoms with Crippen LogP contribution in [0, 0.1) is 0 Å². The molecule has 0 amide bonds. The van der Waals surface area contributed by atoms with Crippen LogP contribution in [-0.2, 0) is 4.74 Å². The van der Waals surface area contributed by atoms with Gasteiger partial charge >= 0.3 is 0 Å². The molecule has 0 aromatic heterocycles. The zero-order chi connectivity index (χ0) is 11.4. The summed E-state index contributed by atoms with van der Waals surface area (Å²) in [5.74, 6) is 0.717. The third-order valence-corrected chi connectivity index (χ3v) is 4.25. The molecule has 0 N–H and O–H groups in total. The molecule has 1 unspecified atom stereocenters. The quantitative estimate of drug-likeness (QED) is 0.706. The number of nitrogens with zero attached hydrogens (tertiary/aromatic N) is 1. The number of halogens is 1. The molecule has 2 rings (SSSR count). The highest BCUT2D eigenvalue weighted by molar-refractivity contribution is 6.18. The second kappa shape index (κ2) is 5.70. The third-order valence-electron chi connectivity index (χ3n) is 4.08. The molecule has 2 nitrogen and oxygen atoms in total. The minimum Gasteiger partial charge on any atom is -0.370 e. The summed E-state index contributed by atoms with van der Waals surface area (Å²) < 4.78 is 6.32. The number of hydrogen-bond acceptors (Lipinski definition) is 2. The molecule has 2 aliphatic rings. The van der Waals surface area contributed by atoms with Gasteiger partial charge in [0.2, 0.25) is 0 Å². The summed E-state index contributed by atoms with van der Waals surface area (Å²) in [6, 6.07) is 0. The van der Waals surface area contributed by atoms with Gasteiger partial charge in [0, 0.05) is 19.0 Å². The SMILES string of the molecule is CN(CCCl)CC1CCC2(CCCCC2)O1. The number of likely N-dealkylation sites (N-methyl/N-ethyl adjacent to an activating group) is 1. The van der Waals surface area contributed by atoms with Gasteiger partial charge in [-0.2, -0.15) is 0 Å². The Kier molecular flexibility index (Phi) is 4.51. The average Bonchev–Trinajstić information content (AvgIpc) is 2.63. The molecule has 16 heavy (non-hydrogen) atoms. The van der Waals surface area contributed by atoms with E-state index in [9.17, 15) is 0 Å². The third kappa shape index (κ3) is 3.12. The van der Waals surface area contributed by atoms with Crippen LogP contribution in [-0.4, -0.2) is 42.6 Å². The Morgan fingerprint density at radius 2 is 2.00 bits per heavy atom. The molecule has 1 aliphatic carbocycles. The number of rotatable bonds is 4. The predicted octanol–water partition coefficient (Wildman–Crippen LogP) is 3.04. The molecule has 0 aromatic rings. The number of hydrogen-bond donors (Lipinski definition) is 0. The van der Waals surface area contributed by atoms with Crippen LogP contribution in [0.2, 0.25) is 0 Å². The Labute approximate surface area is 104 Å². The van der Waals surface area contributed by atoms with E-state index in [1.807, 2.05) is 0 Å². The van der Waals surface area contributed by atoms with E-state index in [1.54, 1.807) is 0 Å². The molecule has 1 heterocycles. The first-order valence-corrected chi connectivity index (χ1v) is 7.20. The lowest BCUT2D eigenvalue weighted by molar-refractivity contribution is -0.0698. The highest BCUT2D eigenvalue weighted by Crippen LogP contribution is 2.41. The minimum atomic E-state index is 0.269. The maximum absolute atomic E-state index is 6.32. The van der Waals surface area contributed by atoms with Crippen molar-refractivity contribution in [2.75, 3.05) is 26.0 Å². The van der Waals surface area contributed by atoms with Gasteiger partial charge in [0.25, 0.3) is 0 Å². The molecule has 1 saturated heterocycles. The van der Waals surface area contributed by atoms with Crippen molar-refractivity contribution in [2.45, 2.75) is 56.7 Å². The first-order valence-electron chi connectivity index (χ1n) is 6.66. The Morgan fingerprint density at radius 3 is 2.69 bits per heavy atom. The summed E-state index contributed by atoms with van der Waals surface area (Å²) in [7, 11) is 2.14. The van der Waals surface area contributed by atoms with E-state index in [0.29, 0.717) is 12.0 Å². The fourth-order valence-electron chi connectivity index (χ4n) is 3.17. The Hall–Kier alpha value is 0.210. The smallest absolute Gasteiger partial charge is 0.0710 e. The fraction of sp³-hybridized carbons (Fsp3) is 1.00. The summed E-state index contributed by atoms with van der Waals surface area (Å²) in [6.45, 7) is 2.02. The Balaban J connectivity index is 1.78. The predicted molar refractivity (Wildman–Crippen MR) is 68.1 cm³/mol. The standard InChI is InChI=1S/C13H24ClNO/c1-15(10-9-14)11-12-5-8-13(16-12)6-3-2-4-7-13/h12H,2-11H2,1H3. The van der Waals surface area contributed by atoms with Crippen molar-refractivity contribution in [3.63, 3.8) is 0 Å². The maximum Gasteiger partial charge on any atom is 0.0710 e. The Bertz CT molecular complexity index is 216. The van der Waals surface area contributed by atoms with Gasteiger partial charge in [0.1, 0.15) is 0 Å². The van der Waals surface area contributed by atoms with E-state index < -0.39 is 0 Å². The normalized spacial score (nSPS) is 29.1. The van der Waals surface area contributed by atoms with Gasteiger partial charge < -0.3 is 9.64 Å². The molecule has 1 spiro atoms. The lowest BCUT2D eigenvalue weighted by Crippen LogP contribution is -2.35. The van der Waals surface area contributed by atoms with E-state index >= 15 is 0 Å². The van der Waals surface area contributed by atoms with Gasteiger partial charge in [-0.15, -0.1) is 11.6 Å². The topological polar surface area (TPSA) is 12.5 Å². The first-order chi connectivity index (χ1) is 7.74. The zero-order valence-corrected chi connectivity index (χ0v) is 11.1. The minimum absolute atomic E-state index is 0.269. The van der Waals surface area contributed by atoms with E-state index in [1.165, 1.54) is 44.9 Å². The number of ether oxygens (including phenoxy) is 1. The maximum atomic E-state index is 6.32. The van der Waals surface area contributed by atoms with Crippen LogP contribution in [0.5, 0.6) is 0 Å². The Morgan fingerprint density at radius 1 is 1.25 bits per heavy atom. The van der Waals surface area contributed by atoms with Crippen LogP contribution < -0.4 is 0 Å². The molecule has 2 fully saturated rings. The van der Waals surface area contributed by atoms with Crippen LogP contribution in [0.3, 0.4) is 0 Å². The first kappa shape index (κ1) is 12.7. The summed E-state index contributed by atoms with van der Waals surface area (Å²) in [4.78, 5) is 2.29. The van der Waals surface area contributed by atoms with Gasteiger partial charge in [-0.05, 0) is 32.7 Å². The van der Waals surface area contributed by atoms with E-state index in [-0.39, 0.29) is 5.60 Å². The average molecular weight is 246 g/mol. The van der Waals surface area contributed by atoms with E-state index in [2.05, 4.69) is 11.9 Å². The van der Waals surface area contributed by atoms with Crippen LogP contribution >= 0.6 is 11.6 Å². The fourth-order valence-corrected chi connectivity index (χ4v) is 3.46. The van der Waals surface area contributed by atoms with Crippen molar-refractivity contribution in [1.29, 1.82) is 0 Å². The number of alkyl halides is 1. The molecule has 1 atom stereocenters. The largest absolute Gasteiger partial charge is 0.370 e. The van der Waals surface area contributed by atoms with E-state index in [0.717, 1.165) is 13.1 Å². The van der Waals surface area contributed by atoms with Crippen molar-refractivity contribution < 1.29 is 4.74 Å². The molecule has 94 valence electrons. The van der Waals surface area contributed by atoms with Gasteiger partial charge in [-0.1, -0.05) is 19.3 Å². The molecule has 0 aromatic carbocycles. The molecule has 0 bridgehead atoms. The molecule has 0 radical (unpaired) electrons. The van der Waals surface area contributed by atoms with Crippen molar-refractivity contribution in [2.24, 2.45) is 0 Å². The highest BCUT2D eigenvalue weighted by Gasteiger charge is 2.40. The van der Waals surface area contributed by atoms with Crippen molar-refractivity contribution >= 4 is 11.6 Å². The van der Waals surface area contributed by atoms with Crippen LogP contribution in [0.25, 0.3) is 0 Å². The van der Waals surface area contributed by atoms with Gasteiger partial charge in [-0.25, -0.2) is 0 Å². The molecular formula is C13H24ClNO. The molecule has 1 aliphatic heterocycles. The van der Waals surface area contributed by atoms with Crippen molar-refractivity contribution in [3.05, 3.63) is 0 Å². The molecule has 3 heteroatoms. The van der Waals surface area contributed by atoms with E-state index in [4.69, 9.17) is 16.3 Å². The second-order valence-corrected chi connectivity index (χ2v) is 5.85. The lowest BCUT2D eigenvalue weighted by atomic mass is 9.83. The van der Waals surface area contributed by atoms with Gasteiger partial charge in [0.15, 0.2) is 0 Å². The highest BCUT2D eigenvalue weighted by atomic mass is 35.5. The summed E-state index contributed by atoms with van der Waals surface area (Å²) >= 11 is 5.74. The van der Waals surface area contributed by atoms with Crippen LogP contribution in [0.1, 0.15) is 44.9 Å².